The summed E-state index contributed by atoms with van der Waals surface area (Å²) in [6, 6.07) is 16.3. The number of nitrogens with one attached hydrogen (secondary N) is 2. The summed E-state index contributed by atoms with van der Waals surface area (Å²) in [6.45, 7) is 0.457. The van der Waals surface area contributed by atoms with E-state index in [-0.39, 0.29) is 25.2 Å². The molecule has 3 aliphatic rings. The van der Waals surface area contributed by atoms with Crippen molar-refractivity contribution in [2.24, 2.45) is 0 Å². The summed E-state index contributed by atoms with van der Waals surface area (Å²) >= 11 is 0. The van der Waals surface area contributed by atoms with Crippen molar-refractivity contribution in [3.63, 3.8) is 0 Å². The summed E-state index contributed by atoms with van der Waals surface area (Å²) in [4.78, 5) is 35.9. The summed E-state index contributed by atoms with van der Waals surface area (Å²) in [5, 5.41) is 14.5. The van der Waals surface area contributed by atoms with Crippen LogP contribution in [-0.4, -0.2) is 54.0 Å². The van der Waals surface area contributed by atoms with Gasteiger partial charge in [0.05, 0.1) is 6.10 Å². The first-order chi connectivity index (χ1) is 16.0. The molecule has 1 saturated carbocycles. The SMILES string of the molecule is O=C(NCC1CCC(C(=O)NC2(C(=O)O)CC2)O1)OCC1c2ccccc2-c2ccccc21. The van der Waals surface area contributed by atoms with Crippen molar-refractivity contribution in [1.29, 1.82) is 0 Å². The van der Waals surface area contributed by atoms with E-state index in [1.807, 2.05) is 24.3 Å². The van der Waals surface area contributed by atoms with Crippen molar-refractivity contribution in [2.45, 2.75) is 49.3 Å². The molecule has 2 atom stereocenters. The fourth-order valence-electron chi connectivity index (χ4n) is 4.73. The topological polar surface area (TPSA) is 114 Å². The maximum atomic E-state index is 12.3. The van der Waals surface area contributed by atoms with Crippen molar-refractivity contribution >= 4 is 18.0 Å². The van der Waals surface area contributed by atoms with Crippen LogP contribution in [0.5, 0.6) is 0 Å². The minimum atomic E-state index is -1.13. The number of carboxylic acid groups (broad SMARTS) is 1. The Balaban J connectivity index is 1.10. The first kappa shape index (κ1) is 21.5. The molecule has 33 heavy (non-hydrogen) atoms. The molecule has 1 aliphatic heterocycles. The van der Waals surface area contributed by atoms with E-state index in [1.54, 1.807) is 0 Å². The van der Waals surface area contributed by atoms with Gasteiger partial charge < -0.3 is 25.2 Å². The average molecular weight is 450 g/mol. The van der Waals surface area contributed by atoms with Gasteiger partial charge in [0.15, 0.2) is 0 Å². The standard InChI is InChI=1S/C25H26N2O6/c28-22(27-25(11-12-25)23(29)30)21-10-9-15(33-21)13-26-24(31)32-14-20-18-7-3-1-5-16(18)17-6-2-4-8-19(17)20/h1-8,15,20-21H,9-14H2,(H,26,31)(H,27,28)(H,29,30). The molecule has 0 bridgehead atoms. The van der Waals surface area contributed by atoms with Crippen LogP contribution in [0.25, 0.3) is 11.1 Å². The number of alkyl carbamates (subject to hydrolysis) is 1. The Kier molecular flexibility index (Phi) is 5.54. The molecule has 2 unspecified atom stereocenters. The summed E-state index contributed by atoms with van der Waals surface area (Å²) in [5.74, 6) is -1.43. The zero-order valence-corrected chi connectivity index (χ0v) is 18.1. The fourth-order valence-corrected chi connectivity index (χ4v) is 4.73. The van der Waals surface area contributed by atoms with Gasteiger partial charge in [0.25, 0.3) is 0 Å². The largest absolute Gasteiger partial charge is 0.480 e. The van der Waals surface area contributed by atoms with Crippen LogP contribution in [0.15, 0.2) is 48.5 Å². The van der Waals surface area contributed by atoms with Gasteiger partial charge in [0, 0.05) is 12.5 Å². The minimum Gasteiger partial charge on any atom is -0.480 e. The molecule has 2 amide bonds. The lowest BCUT2D eigenvalue weighted by atomic mass is 9.98. The molecule has 0 aromatic heterocycles. The van der Waals surface area contributed by atoms with Crippen LogP contribution in [0, 0.1) is 0 Å². The van der Waals surface area contributed by atoms with Crippen LogP contribution in [0.1, 0.15) is 42.7 Å². The molecule has 2 aromatic rings. The summed E-state index contributed by atoms with van der Waals surface area (Å²) < 4.78 is 11.2. The van der Waals surface area contributed by atoms with Gasteiger partial charge in [-0.3, -0.25) is 4.79 Å². The fraction of sp³-hybridized carbons (Fsp3) is 0.400. The summed E-state index contributed by atoms with van der Waals surface area (Å²) in [6.07, 6.45) is 0.412. The third-order valence-electron chi connectivity index (χ3n) is 6.74. The molecule has 1 heterocycles. The molecule has 2 aromatic carbocycles. The van der Waals surface area contributed by atoms with Gasteiger partial charge in [0.2, 0.25) is 5.91 Å². The molecule has 172 valence electrons. The lowest BCUT2D eigenvalue weighted by molar-refractivity contribution is -0.145. The Bertz CT molecular complexity index is 1050. The van der Waals surface area contributed by atoms with E-state index in [0.29, 0.717) is 25.7 Å². The number of hydrogen-bond donors (Lipinski definition) is 3. The highest BCUT2D eigenvalue weighted by atomic mass is 16.5. The number of hydrogen-bond acceptors (Lipinski definition) is 5. The Hall–Kier alpha value is -3.39. The Morgan fingerprint density at radius 2 is 1.64 bits per heavy atom. The lowest BCUT2D eigenvalue weighted by Gasteiger charge is -2.18. The molecule has 0 radical (unpaired) electrons. The van der Waals surface area contributed by atoms with Crippen LogP contribution >= 0.6 is 0 Å². The van der Waals surface area contributed by atoms with Gasteiger partial charge in [-0.05, 0) is 47.9 Å². The van der Waals surface area contributed by atoms with Crippen molar-refractivity contribution in [1.82, 2.24) is 10.6 Å². The van der Waals surface area contributed by atoms with Gasteiger partial charge in [-0.15, -0.1) is 0 Å². The molecule has 2 fully saturated rings. The number of carbonyl (C=O) groups is 3. The van der Waals surface area contributed by atoms with E-state index in [4.69, 9.17) is 9.47 Å². The first-order valence-corrected chi connectivity index (χ1v) is 11.3. The molecule has 0 spiro atoms. The highest BCUT2D eigenvalue weighted by Gasteiger charge is 2.52. The van der Waals surface area contributed by atoms with Crippen LogP contribution in [0.2, 0.25) is 0 Å². The maximum absolute atomic E-state index is 12.3. The number of benzene rings is 2. The second kappa shape index (κ2) is 8.51. The number of carbonyl (C=O) groups excluding carboxylic acids is 2. The summed E-state index contributed by atoms with van der Waals surface area (Å²) in [7, 11) is 0. The van der Waals surface area contributed by atoms with Crippen LogP contribution < -0.4 is 10.6 Å². The highest BCUT2D eigenvalue weighted by Crippen LogP contribution is 2.44. The predicted molar refractivity (Wildman–Crippen MR) is 119 cm³/mol. The van der Waals surface area contributed by atoms with E-state index in [9.17, 15) is 19.5 Å². The summed E-state index contributed by atoms with van der Waals surface area (Å²) in [5.41, 5.74) is 3.50. The van der Waals surface area contributed by atoms with E-state index in [0.717, 1.165) is 11.1 Å². The Morgan fingerprint density at radius 3 is 2.24 bits per heavy atom. The van der Waals surface area contributed by atoms with Crippen LogP contribution in [0.4, 0.5) is 4.79 Å². The van der Waals surface area contributed by atoms with E-state index >= 15 is 0 Å². The molecular formula is C25H26N2O6. The second-order valence-corrected chi connectivity index (χ2v) is 8.91. The average Bonchev–Trinajstić information content (AvgIpc) is 3.33. The second-order valence-electron chi connectivity index (χ2n) is 8.91. The minimum absolute atomic E-state index is 0.0112. The monoisotopic (exact) mass is 450 g/mol. The first-order valence-electron chi connectivity index (χ1n) is 11.3. The third kappa shape index (κ3) is 4.18. The van der Waals surface area contributed by atoms with Gasteiger partial charge in [-0.1, -0.05) is 48.5 Å². The molecule has 8 heteroatoms. The smallest absolute Gasteiger partial charge is 0.407 e. The normalized spacial score (nSPS) is 22.2. The molecule has 5 rings (SSSR count). The third-order valence-corrected chi connectivity index (χ3v) is 6.74. The Labute approximate surface area is 191 Å². The maximum Gasteiger partial charge on any atom is 0.407 e. The number of carboxylic acids is 1. The van der Waals surface area contributed by atoms with Gasteiger partial charge in [-0.2, -0.15) is 0 Å². The van der Waals surface area contributed by atoms with Gasteiger partial charge in [-0.25, -0.2) is 9.59 Å². The zero-order chi connectivity index (χ0) is 23.0. The van der Waals surface area contributed by atoms with Gasteiger partial charge >= 0.3 is 12.1 Å². The molecular weight excluding hydrogens is 424 g/mol. The molecule has 2 aliphatic carbocycles. The number of aliphatic carboxylic acids is 1. The van der Waals surface area contributed by atoms with Crippen molar-refractivity contribution in [3.8, 4) is 11.1 Å². The van der Waals surface area contributed by atoms with Crippen molar-refractivity contribution < 1.29 is 29.0 Å². The molecule has 3 N–H and O–H groups in total. The van der Waals surface area contributed by atoms with Crippen molar-refractivity contribution in [2.75, 3.05) is 13.2 Å². The Morgan fingerprint density at radius 1 is 1.00 bits per heavy atom. The van der Waals surface area contributed by atoms with Crippen molar-refractivity contribution in [3.05, 3.63) is 59.7 Å². The molecule has 8 nitrogen and oxygen atoms in total. The number of ether oxygens (including phenoxy) is 2. The van der Waals surface area contributed by atoms with Gasteiger partial charge in [0.1, 0.15) is 18.2 Å². The lowest BCUT2D eigenvalue weighted by Crippen LogP contribution is -2.47. The van der Waals surface area contributed by atoms with Crippen LogP contribution in [-0.2, 0) is 19.1 Å². The van der Waals surface area contributed by atoms with E-state index in [2.05, 4.69) is 34.9 Å². The number of rotatable bonds is 7. The predicted octanol–water partition coefficient (Wildman–Crippen LogP) is 2.81. The number of fused-ring (bicyclic) bond motifs is 3. The highest BCUT2D eigenvalue weighted by molar-refractivity contribution is 5.91. The van der Waals surface area contributed by atoms with E-state index in [1.165, 1.54) is 11.1 Å². The van der Waals surface area contributed by atoms with Crippen LogP contribution in [0.3, 0.4) is 0 Å². The van der Waals surface area contributed by atoms with E-state index < -0.39 is 29.6 Å². The quantitative estimate of drug-likeness (QED) is 0.598. The molecule has 1 saturated heterocycles. The number of amides is 2. The zero-order valence-electron chi connectivity index (χ0n) is 18.1.